The van der Waals surface area contributed by atoms with Crippen molar-refractivity contribution in [2.24, 2.45) is 0 Å². The van der Waals surface area contributed by atoms with Gasteiger partial charge in [0.25, 0.3) is 0 Å². The maximum atomic E-state index is 11.7. The number of hydrogen-bond donors (Lipinski definition) is 0. The molecule has 0 fully saturated rings. The van der Waals surface area contributed by atoms with Crippen LogP contribution in [-0.2, 0) is 14.3 Å². The zero-order valence-corrected chi connectivity index (χ0v) is 12.8. The van der Waals surface area contributed by atoms with E-state index < -0.39 is 12.1 Å². The highest BCUT2D eigenvalue weighted by Gasteiger charge is 2.16. The second-order valence-corrected chi connectivity index (χ2v) is 4.81. The molecular formula is C18H20O4. The quantitative estimate of drug-likeness (QED) is 0.581. The Kier molecular flexibility index (Phi) is 5.98. The van der Waals surface area contributed by atoms with E-state index in [4.69, 9.17) is 14.2 Å². The Labute approximate surface area is 130 Å². The Balaban J connectivity index is 1.92. The molecule has 0 unspecified atom stereocenters. The molecule has 0 aliphatic rings. The lowest BCUT2D eigenvalue weighted by molar-refractivity contribution is -0.152. The van der Waals surface area contributed by atoms with Gasteiger partial charge in [-0.1, -0.05) is 42.5 Å². The van der Waals surface area contributed by atoms with Crippen LogP contribution >= 0.6 is 0 Å². The van der Waals surface area contributed by atoms with Gasteiger partial charge in [-0.05, 0) is 30.2 Å². The minimum atomic E-state index is -0.653. The molecule has 0 N–H and O–H groups in total. The number of hydrogen-bond acceptors (Lipinski definition) is 4. The highest BCUT2D eigenvalue weighted by atomic mass is 16.6. The van der Waals surface area contributed by atoms with E-state index in [9.17, 15) is 4.79 Å². The molecule has 0 aliphatic carbocycles. The molecule has 0 amide bonds. The molecule has 1 atom stereocenters. The van der Waals surface area contributed by atoms with E-state index in [-0.39, 0.29) is 6.61 Å². The van der Waals surface area contributed by atoms with E-state index in [1.165, 1.54) is 0 Å². The maximum absolute atomic E-state index is 11.7. The first-order chi connectivity index (χ1) is 10.7. The lowest BCUT2D eigenvalue weighted by Gasteiger charge is -2.14. The number of carbonyl (C=O) groups is 1. The molecule has 0 aromatic heterocycles. The molecule has 4 heteroatoms. The minimum Gasteiger partial charge on any atom is -0.479 e. The van der Waals surface area contributed by atoms with Crippen molar-refractivity contribution >= 4 is 5.97 Å². The molecule has 0 heterocycles. The van der Waals surface area contributed by atoms with Gasteiger partial charge in [-0.25, -0.2) is 4.79 Å². The molecule has 0 aliphatic heterocycles. The second kappa shape index (κ2) is 8.20. The van der Waals surface area contributed by atoms with Gasteiger partial charge in [0.05, 0.1) is 6.61 Å². The topological polar surface area (TPSA) is 44.8 Å². The smallest absolute Gasteiger partial charge is 0.347 e. The number of esters is 1. The second-order valence-electron chi connectivity index (χ2n) is 4.81. The van der Waals surface area contributed by atoms with Crippen LogP contribution in [0.4, 0.5) is 0 Å². The van der Waals surface area contributed by atoms with Gasteiger partial charge in [0.15, 0.2) is 6.10 Å². The highest BCUT2D eigenvalue weighted by Crippen LogP contribution is 2.22. The van der Waals surface area contributed by atoms with Crippen LogP contribution in [0.3, 0.4) is 0 Å². The number of methoxy groups -OCH3 is 1. The predicted molar refractivity (Wildman–Crippen MR) is 84.8 cm³/mol. The third kappa shape index (κ3) is 4.60. The first-order valence-electron chi connectivity index (χ1n) is 7.18. The van der Waals surface area contributed by atoms with E-state index in [1.54, 1.807) is 14.0 Å². The van der Waals surface area contributed by atoms with Gasteiger partial charge in [-0.3, -0.25) is 0 Å². The zero-order valence-electron chi connectivity index (χ0n) is 12.8. The van der Waals surface area contributed by atoms with Crippen LogP contribution in [0.2, 0.25) is 0 Å². The van der Waals surface area contributed by atoms with Gasteiger partial charge in [-0.2, -0.15) is 0 Å². The molecule has 0 bridgehead atoms. The fourth-order valence-corrected chi connectivity index (χ4v) is 1.95. The molecule has 4 nitrogen and oxygen atoms in total. The maximum Gasteiger partial charge on any atom is 0.347 e. The van der Waals surface area contributed by atoms with E-state index >= 15 is 0 Å². The van der Waals surface area contributed by atoms with Gasteiger partial charge in [-0.15, -0.1) is 0 Å². The van der Waals surface area contributed by atoms with Crippen LogP contribution in [0.5, 0.6) is 5.75 Å². The average molecular weight is 300 g/mol. The Hall–Kier alpha value is -2.33. The van der Waals surface area contributed by atoms with Gasteiger partial charge in [0, 0.05) is 7.11 Å². The van der Waals surface area contributed by atoms with Gasteiger partial charge in [0.1, 0.15) is 12.4 Å². The number of rotatable bonds is 7. The third-order valence-electron chi connectivity index (χ3n) is 3.14. The lowest BCUT2D eigenvalue weighted by Crippen LogP contribution is -2.27. The van der Waals surface area contributed by atoms with Crippen molar-refractivity contribution in [3.63, 3.8) is 0 Å². The zero-order chi connectivity index (χ0) is 15.8. The Morgan fingerprint density at radius 2 is 1.59 bits per heavy atom. The summed E-state index contributed by atoms with van der Waals surface area (Å²) in [5.74, 6) is 0.236. The summed E-state index contributed by atoms with van der Waals surface area (Å²) in [6, 6.07) is 17.7. The lowest BCUT2D eigenvalue weighted by atomic mass is 10.1. The Bertz CT molecular complexity index is 578. The van der Waals surface area contributed by atoms with Crippen LogP contribution < -0.4 is 4.74 Å². The number of benzene rings is 2. The first-order valence-corrected chi connectivity index (χ1v) is 7.18. The van der Waals surface area contributed by atoms with E-state index in [2.05, 4.69) is 0 Å². The van der Waals surface area contributed by atoms with Gasteiger partial charge < -0.3 is 14.2 Å². The van der Waals surface area contributed by atoms with E-state index in [0.29, 0.717) is 12.4 Å². The van der Waals surface area contributed by atoms with Crippen molar-refractivity contribution in [1.82, 2.24) is 0 Å². The van der Waals surface area contributed by atoms with Crippen LogP contribution in [-0.4, -0.2) is 32.4 Å². The summed E-state index contributed by atoms with van der Waals surface area (Å²) in [7, 11) is 1.56. The normalized spacial score (nSPS) is 11.7. The first kappa shape index (κ1) is 16.0. The van der Waals surface area contributed by atoms with Gasteiger partial charge >= 0.3 is 5.97 Å². The van der Waals surface area contributed by atoms with E-state index in [0.717, 1.165) is 11.1 Å². The Morgan fingerprint density at radius 1 is 0.955 bits per heavy atom. The molecule has 0 saturated carbocycles. The summed E-state index contributed by atoms with van der Waals surface area (Å²) in [6.45, 7) is 2.28. The average Bonchev–Trinajstić information content (AvgIpc) is 2.56. The summed E-state index contributed by atoms with van der Waals surface area (Å²) in [4.78, 5) is 11.7. The van der Waals surface area contributed by atoms with Crippen molar-refractivity contribution in [3.05, 3.63) is 54.6 Å². The van der Waals surface area contributed by atoms with E-state index in [1.807, 2.05) is 54.6 Å². The van der Waals surface area contributed by atoms with Crippen molar-refractivity contribution in [3.8, 4) is 16.9 Å². The standard InChI is InChI=1S/C18H20O4/c1-14(18(19)21-13-12-20-2)22-17-10-8-16(9-11-17)15-6-4-3-5-7-15/h3-11,14H,12-13H2,1-2H3/t14-/m1/s1. The molecule has 0 saturated heterocycles. The molecule has 2 aromatic rings. The van der Waals surface area contributed by atoms with Crippen molar-refractivity contribution in [2.75, 3.05) is 20.3 Å². The molecule has 2 aromatic carbocycles. The molecule has 22 heavy (non-hydrogen) atoms. The van der Waals surface area contributed by atoms with Crippen molar-refractivity contribution < 1.29 is 19.0 Å². The minimum absolute atomic E-state index is 0.232. The number of ether oxygens (including phenoxy) is 3. The summed E-state index contributed by atoms with van der Waals surface area (Å²) in [5, 5.41) is 0. The Morgan fingerprint density at radius 3 is 2.23 bits per heavy atom. The molecule has 116 valence electrons. The SMILES string of the molecule is COCCOC(=O)[C@@H](C)Oc1ccc(-c2ccccc2)cc1. The third-order valence-corrected chi connectivity index (χ3v) is 3.14. The predicted octanol–water partition coefficient (Wildman–Crippen LogP) is 3.31. The van der Waals surface area contributed by atoms with Crippen LogP contribution in [0.25, 0.3) is 11.1 Å². The van der Waals surface area contributed by atoms with Crippen LogP contribution in [0.1, 0.15) is 6.92 Å². The molecule has 0 radical (unpaired) electrons. The summed E-state index contributed by atoms with van der Waals surface area (Å²) in [5.41, 5.74) is 2.24. The summed E-state index contributed by atoms with van der Waals surface area (Å²) < 4.78 is 15.4. The number of carbonyl (C=O) groups excluding carboxylic acids is 1. The van der Waals surface area contributed by atoms with Crippen molar-refractivity contribution in [2.45, 2.75) is 13.0 Å². The molecular weight excluding hydrogens is 280 g/mol. The molecule has 2 rings (SSSR count). The summed E-state index contributed by atoms with van der Waals surface area (Å²) >= 11 is 0. The van der Waals surface area contributed by atoms with Crippen molar-refractivity contribution in [1.29, 1.82) is 0 Å². The van der Waals surface area contributed by atoms with Gasteiger partial charge in [0.2, 0.25) is 0 Å². The van der Waals surface area contributed by atoms with Crippen LogP contribution in [0.15, 0.2) is 54.6 Å². The highest BCUT2D eigenvalue weighted by molar-refractivity contribution is 5.74. The fourth-order valence-electron chi connectivity index (χ4n) is 1.95. The van der Waals surface area contributed by atoms with Crippen LogP contribution in [0, 0.1) is 0 Å². The summed E-state index contributed by atoms with van der Waals surface area (Å²) in [6.07, 6.45) is -0.653. The largest absolute Gasteiger partial charge is 0.479 e. The molecule has 0 spiro atoms. The monoisotopic (exact) mass is 300 g/mol. The fraction of sp³-hybridized carbons (Fsp3) is 0.278.